The summed E-state index contributed by atoms with van der Waals surface area (Å²) in [5.74, 6) is -0.704. The van der Waals surface area contributed by atoms with Gasteiger partial charge in [-0.1, -0.05) is 0 Å². The first-order chi connectivity index (χ1) is 13.4. The Labute approximate surface area is 160 Å². The van der Waals surface area contributed by atoms with Crippen LogP contribution in [0.2, 0.25) is 0 Å². The summed E-state index contributed by atoms with van der Waals surface area (Å²) in [4.78, 5) is 37.4. The number of morpholine rings is 1. The highest BCUT2D eigenvalue weighted by Gasteiger charge is 2.27. The number of aromatic nitrogens is 4. The van der Waals surface area contributed by atoms with Gasteiger partial charge in [0.2, 0.25) is 5.91 Å². The van der Waals surface area contributed by atoms with E-state index in [0.717, 1.165) is 6.20 Å². The van der Waals surface area contributed by atoms with Crippen molar-refractivity contribution in [1.29, 1.82) is 0 Å². The van der Waals surface area contributed by atoms with Crippen molar-refractivity contribution in [2.75, 3.05) is 31.6 Å². The van der Waals surface area contributed by atoms with E-state index < -0.39 is 16.9 Å². The van der Waals surface area contributed by atoms with Crippen molar-refractivity contribution >= 4 is 23.2 Å². The minimum absolute atomic E-state index is 0.207. The van der Waals surface area contributed by atoms with E-state index in [2.05, 4.69) is 15.5 Å². The number of carbonyl (C=O) groups is 2. The summed E-state index contributed by atoms with van der Waals surface area (Å²) in [7, 11) is 0. The molecule has 0 spiro atoms. The molecule has 1 aliphatic heterocycles. The number of anilines is 1. The molecule has 0 aliphatic carbocycles. The predicted molar refractivity (Wildman–Crippen MR) is 96.8 cm³/mol. The summed E-state index contributed by atoms with van der Waals surface area (Å²) in [5.41, 5.74) is 0.370. The van der Waals surface area contributed by atoms with Gasteiger partial charge >= 0.3 is 5.69 Å². The molecular formula is C16H21N7O5. The zero-order valence-electron chi connectivity index (χ0n) is 15.6. The summed E-state index contributed by atoms with van der Waals surface area (Å²) < 4.78 is 7.99. The van der Waals surface area contributed by atoms with Gasteiger partial charge in [0, 0.05) is 19.6 Å². The normalized spacial score (nSPS) is 15.3. The van der Waals surface area contributed by atoms with Gasteiger partial charge in [0.25, 0.3) is 5.91 Å². The van der Waals surface area contributed by atoms with E-state index in [9.17, 15) is 19.7 Å². The third kappa shape index (κ3) is 3.86. The molecule has 0 bridgehead atoms. The summed E-state index contributed by atoms with van der Waals surface area (Å²) in [5, 5.41) is 21.5. The third-order valence-corrected chi connectivity index (χ3v) is 4.47. The fraction of sp³-hybridized carbons (Fsp3) is 0.500. The maximum absolute atomic E-state index is 12.9. The molecule has 0 saturated carbocycles. The molecule has 1 unspecified atom stereocenters. The van der Waals surface area contributed by atoms with Crippen LogP contribution in [0.25, 0.3) is 0 Å². The average Bonchev–Trinajstić information content (AvgIpc) is 3.34. The van der Waals surface area contributed by atoms with E-state index in [1.807, 2.05) is 6.92 Å². The molecule has 0 aromatic carbocycles. The number of nitrogens with one attached hydrogen (secondary N) is 1. The first kappa shape index (κ1) is 19.5. The second-order valence-electron chi connectivity index (χ2n) is 6.23. The highest BCUT2D eigenvalue weighted by atomic mass is 16.6. The number of ether oxygens (including phenoxy) is 1. The van der Waals surface area contributed by atoms with Crippen molar-refractivity contribution in [1.82, 2.24) is 24.5 Å². The van der Waals surface area contributed by atoms with Crippen LogP contribution in [-0.2, 0) is 16.1 Å². The van der Waals surface area contributed by atoms with Crippen LogP contribution in [-0.4, -0.2) is 67.5 Å². The highest BCUT2D eigenvalue weighted by molar-refractivity contribution is 6.03. The largest absolute Gasteiger partial charge is 0.378 e. The lowest BCUT2D eigenvalue weighted by atomic mass is 10.2. The molecule has 28 heavy (non-hydrogen) atoms. The Morgan fingerprint density at radius 3 is 2.64 bits per heavy atom. The number of nitro groups is 1. The van der Waals surface area contributed by atoms with Gasteiger partial charge in [-0.3, -0.25) is 29.1 Å². The van der Waals surface area contributed by atoms with E-state index in [1.54, 1.807) is 11.8 Å². The fourth-order valence-corrected chi connectivity index (χ4v) is 2.85. The average molecular weight is 391 g/mol. The molecule has 2 aromatic heterocycles. The lowest BCUT2D eigenvalue weighted by Gasteiger charge is -2.27. The summed E-state index contributed by atoms with van der Waals surface area (Å²) in [6.07, 6.45) is 3.68. The summed E-state index contributed by atoms with van der Waals surface area (Å²) in [6.45, 7) is 5.72. The van der Waals surface area contributed by atoms with Gasteiger partial charge in [0.15, 0.2) is 0 Å². The number of hydrogen-bond donors (Lipinski definition) is 1. The van der Waals surface area contributed by atoms with Gasteiger partial charge in [-0.05, 0) is 13.8 Å². The van der Waals surface area contributed by atoms with Crippen LogP contribution in [0.15, 0.2) is 18.6 Å². The molecule has 3 rings (SSSR count). The molecule has 3 heterocycles. The Hall–Kier alpha value is -3.28. The quantitative estimate of drug-likeness (QED) is 0.564. The topological polar surface area (TPSA) is 137 Å². The van der Waals surface area contributed by atoms with E-state index in [-0.39, 0.29) is 23.0 Å². The second kappa shape index (κ2) is 8.17. The van der Waals surface area contributed by atoms with Crippen LogP contribution in [0.4, 0.5) is 11.4 Å². The van der Waals surface area contributed by atoms with Crippen LogP contribution in [0, 0.1) is 10.1 Å². The van der Waals surface area contributed by atoms with Crippen molar-refractivity contribution in [2.45, 2.75) is 26.4 Å². The van der Waals surface area contributed by atoms with Crippen molar-refractivity contribution in [3.8, 4) is 0 Å². The number of hydrogen-bond acceptors (Lipinski definition) is 7. The smallest absolute Gasteiger partial charge is 0.307 e. The molecule has 12 nitrogen and oxygen atoms in total. The van der Waals surface area contributed by atoms with Crippen LogP contribution < -0.4 is 5.32 Å². The Balaban J connectivity index is 1.79. The third-order valence-electron chi connectivity index (χ3n) is 4.47. The molecule has 2 amide bonds. The van der Waals surface area contributed by atoms with Crippen LogP contribution >= 0.6 is 0 Å². The standard InChI is InChI=1S/C16H21N7O5/c1-3-21-14(16(25)20-4-6-28-7-5-20)13(9-18-21)19-15(24)11(2)22-10-12(8-17-22)23(26)27/h8-11H,3-7H2,1-2H3,(H,19,24). The van der Waals surface area contributed by atoms with Crippen LogP contribution in [0.5, 0.6) is 0 Å². The van der Waals surface area contributed by atoms with E-state index in [4.69, 9.17) is 4.74 Å². The number of carbonyl (C=O) groups excluding carboxylic acids is 2. The SMILES string of the molecule is CCn1ncc(NC(=O)C(C)n2cc([N+](=O)[O-])cn2)c1C(=O)N1CCOCC1. The second-order valence-corrected chi connectivity index (χ2v) is 6.23. The lowest BCUT2D eigenvalue weighted by Crippen LogP contribution is -2.42. The number of aryl methyl sites for hydroxylation is 1. The maximum atomic E-state index is 12.9. The Morgan fingerprint density at radius 2 is 2.04 bits per heavy atom. The molecule has 1 N–H and O–H groups in total. The minimum Gasteiger partial charge on any atom is -0.378 e. The molecule has 1 saturated heterocycles. The summed E-state index contributed by atoms with van der Waals surface area (Å²) >= 11 is 0. The van der Waals surface area contributed by atoms with E-state index >= 15 is 0 Å². The monoisotopic (exact) mass is 391 g/mol. The van der Waals surface area contributed by atoms with E-state index in [1.165, 1.54) is 21.8 Å². The maximum Gasteiger partial charge on any atom is 0.307 e. The van der Waals surface area contributed by atoms with Gasteiger partial charge in [-0.2, -0.15) is 10.2 Å². The first-order valence-corrected chi connectivity index (χ1v) is 8.84. The van der Waals surface area contributed by atoms with E-state index in [0.29, 0.717) is 32.8 Å². The molecule has 2 aromatic rings. The Morgan fingerprint density at radius 1 is 1.32 bits per heavy atom. The molecule has 0 radical (unpaired) electrons. The zero-order chi connectivity index (χ0) is 20.3. The number of amides is 2. The molecule has 150 valence electrons. The van der Waals surface area contributed by atoms with Crippen molar-refractivity contribution < 1.29 is 19.2 Å². The number of rotatable bonds is 6. The highest BCUT2D eigenvalue weighted by Crippen LogP contribution is 2.21. The van der Waals surface area contributed by atoms with Crippen LogP contribution in [0.1, 0.15) is 30.4 Å². The Bertz CT molecular complexity index is 884. The van der Waals surface area contributed by atoms with Gasteiger partial charge in [0.1, 0.15) is 24.1 Å². The predicted octanol–water partition coefficient (Wildman–Crippen LogP) is 0.680. The Kier molecular flexibility index (Phi) is 5.68. The minimum atomic E-state index is -0.815. The van der Waals surface area contributed by atoms with Gasteiger partial charge in [0.05, 0.1) is 30.0 Å². The molecule has 1 atom stereocenters. The number of nitrogens with zero attached hydrogens (tertiary/aromatic N) is 6. The summed E-state index contributed by atoms with van der Waals surface area (Å²) in [6, 6.07) is -0.815. The van der Waals surface area contributed by atoms with Gasteiger partial charge < -0.3 is 15.0 Å². The van der Waals surface area contributed by atoms with Gasteiger partial charge in [-0.15, -0.1) is 0 Å². The lowest BCUT2D eigenvalue weighted by molar-refractivity contribution is -0.385. The molecule has 1 aliphatic rings. The zero-order valence-corrected chi connectivity index (χ0v) is 15.6. The molecule has 1 fully saturated rings. The van der Waals surface area contributed by atoms with Crippen LogP contribution in [0.3, 0.4) is 0 Å². The first-order valence-electron chi connectivity index (χ1n) is 8.84. The molecular weight excluding hydrogens is 370 g/mol. The fourth-order valence-electron chi connectivity index (χ4n) is 2.85. The van der Waals surface area contributed by atoms with Gasteiger partial charge in [-0.25, -0.2) is 0 Å². The van der Waals surface area contributed by atoms with Crippen molar-refractivity contribution in [3.05, 3.63) is 34.4 Å². The van der Waals surface area contributed by atoms with Crippen molar-refractivity contribution in [3.63, 3.8) is 0 Å². The molecule has 12 heteroatoms. The van der Waals surface area contributed by atoms with Crippen molar-refractivity contribution in [2.24, 2.45) is 0 Å².